The van der Waals surface area contributed by atoms with E-state index in [2.05, 4.69) is 10.2 Å². The van der Waals surface area contributed by atoms with Crippen LogP contribution in [0.4, 0.5) is 14.9 Å². The highest BCUT2D eigenvalue weighted by molar-refractivity contribution is 5.67. The molecule has 0 spiro atoms. The molecule has 0 radical (unpaired) electrons. The topological polar surface area (TPSA) is 71.0 Å². The first-order valence-electron chi connectivity index (χ1n) is 7.28. The average Bonchev–Trinajstić information content (AvgIpc) is 2.53. The summed E-state index contributed by atoms with van der Waals surface area (Å²) in [6, 6.07) is 4.46. The van der Waals surface area contributed by atoms with E-state index in [9.17, 15) is 9.18 Å². The summed E-state index contributed by atoms with van der Waals surface area (Å²) in [5, 5.41) is 11.1. The van der Waals surface area contributed by atoms with Crippen molar-refractivity contribution in [1.29, 1.82) is 0 Å². The van der Waals surface area contributed by atoms with Gasteiger partial charge in [-0.05, 0) is 12.1 Å². The molecule has 1 heterocycles. The lowest BCUT2D eigenvalue weighted by Gasteiger charge is -2.33. The predicted molar refractivity (Wildman–Crippen MR) is 79.8 cm³/mol. The van der Waals surface area contributed by atoms with Crippen LogP contribution in [0.5, 0.6) is 5.75 Å². The summed E-state index contributed by atoms with van der Waals surface area (Å²) in [5.41, 5.74) is 0.840. The van der Waals surface area contributed by atoms with E-state index >= 15 is 0 Å². The Hall–Kier alpha value is -2.02. The molecule has 22 heavy (non-hydrogen) atoms. The van der Waals surface area contributed by atoms with Gasteiger partial charge in [0.15, 0.2) is 0 Å². The predicted octanol–water partition coefficient (Wildman–Crippen LogP) is 1.52. The number of anilines is 1. The molecule has 2 N–H and O–H groups in total. The number of carbonyl (C=O) groups excluding carboxylic acids is 1. The normalized spacial score (nSPS) is 15.5. The number of hydrogen-bond acceptors (Lipinski definition) is 5. The Labute approximate surface area is 128 Å². The third kappa shape index (κ3) is 4.24. The van der Waals surface area contributed by atoms with Crippen molar-refractivity contribution in [2.24, 2.45) is 0 Å². The van der Waals surface area contributed by atoms with Crippen molar-refractivity contribution in [3.8, 4) is 5.75 Å². The standard InChI is InChI=1S/C15H21FN2O4/c1-21-14-10-11(16)2-3-13(14)18-7-4-12(5-8-18)22-15(20)17-6-9-19/h2-3,10,12,19H,4-9H2,1H3,(H,17,20). The van der Waals surface area contributed by atoms with E-state index in [1.165, 1.54) is 19.2 Å². The van der Waals surface area contributed by atoms with Crippen LogP contribution in [0, 0.1) is 5.82 Å². The molecule has 0 aromatic heterocycles. The summed E-state index contributed by atoms with van der Waals surface area (Å²) < 4.78 is 23.7. The molecule has 2 rings (SSSR count). The Balaban J connectivity index is 1.88. The van der Waals surface area contributed by atoms with Crippen LogP contribution in [-0.2, 0) is 4.74 Å². The number of amides is 1. The summed E-state index contributed by atoms with van der Waals surface area (Å²) in [5.74, 6) is 0.166. The Bertz CT molecular complexity index is 504. The molecule has 0 saturated carbocycles. The smallest absolute Gasteiger partial charge is 0.407 e. The fraction of sp³-hybridized carbons (Fsp3) is 0.533. The van der Waals surface area contributed by atoms with Crippen LogP contribution in [0.2, 0.25) is 0 Å². The molecule has 1 aliphatic rings. The maximum Gasteiger partial charge on any atom is 0.407 e. The molecule has 1 fully saturated rings. The largest absolute Gasteiger partial charge is 0.494 e. The number of carbonyl (C=O) groups is 1. The Morgan fingerprint density at radius 1 is 1.45 bits per heavy atom. The van der Waals surface area contributed by atoms with Crippen molar-refractivity contribution in [2.45, 2.75) is 18.9 Å². The van der Waals surface area contributed by atoms with E-state index in [-0.39, 0.29) is 25.1 Å². The van der Waals surface area contributed by atoms with Gasteiger partial charge in [-0.1, -0.05) is 0 Å². The van der Waals surface area contributed by atoms with Crippen LogP contribution in [0.3, 0.4) is 0 Å². The van der Waals surface area contributed by atoms with Crippen molar-refractivity contribution in [3.05, 3.63) is 24.0 Å². The molecule has 0 atom stereocenters. The van der Waals surface area contributed by atoms with E-state index in [1.54, 1.807) is 6.07 Å². The van der Waals surface area contributed by atoms with Crippen LogP contribution >= 0.6 is 0 Å². The molecular weight excluding hydrogens is 291 g/mol. The number of piperidine rings is 1. The van der Waals surface area contributed by atoms with E-state index in [0.29, 0.717) is 31.7 Å². The minimum absolute atomic E-state index is 0.113. The highest BCUT2D eigenvalue weighted by Crippen LogP contribution is 2.31. The lowest BCUT2D eigenvalue weighted by Crippen LogP contribution is -2.40. The molecule has 0 unspecified atom stereocenters. The molecule has 7 heteroatoms. The van der Waals surface area contributed by atoms with Gasteiger partial charge in [0, 0.05) is 38.5 Å². The van der Waals surface area contributed by atoms with E-state index in [0.717, 1.165) is 5.69 Å². The zero-order valence-corrected chi connectivity index (χ0v) is 12.5. The van der Waals surface area contributed by atoms with Gasteiger partial charge >= 0.3 is 6.09 Å². The van der Waals surface area contributed by atoms with Gasteiger partial charge in [0.05, 0.1) is 19.4 Å². The van der Waals surface area contributed by atoms with Gasteiger partial charge in [-0.3, -0.25) is 0 Å². The second-order valence-electron chi connectivity index (χ2n) is 5.06. The molecule has 122 valence electrons. The number of rotatable bonds is 5. The minimum Gasteiger partial charge on any atom is -0.494 e. The quantitative estimate of drug-likeness (QED) is 0.862. The summed E-state index contributed by atoms with van der Waals surface area (Å²) in [6.45, 7) is 1.46. The van der Waals surface area contributed by atoms with Crippen LogP contribution in [0.15, 0.2) is 18.2 Å². The summed E-state index contributed by atoms with van der Waals surface area (Å²) >= 11 is 0. The molecular formula is C15H21FN2O4. The van der Waals surface area contributed by atoms with Gasteiger partial charge in [-0.25, -0.2) is 9.18 Å². The van der Waals surface area contributed by atoms with Crippen molar-refractivity contribution in [1.82, 2.24) is 5.32 Å². The monoisotopic (exact) mass is 312 g/mol. The lowest BCUT2D eigenvalue weighted by atomic mass is 10.1. The maximum absolute atomic E-state index is 13.2. The number of nitrogens with one attached hydrogen (secondary N) is 1. The van der Waals surface area contributed by atoms with Gasteiger partial charge in [0.2, 0.25) is 0 Å². The number of benzene rings is 1. The number of nitrogens with zero attached hydrogens (tertiary/aromatic N) is 1. The molecule has 1 aromatic rings. The highest BCUT2D eigenvalue weighted by Gasteiger charge is 2.24. The fourth-order valence-corrected chi connectivity index (χ4v) is 2.48. The fourth-order valence-electron chi connectivity index (χ4n) is 2.48. The van der Waals surface area contributed by atoms with Crippen LogP contribution < -0.4 is 15.0 Å². The first kappa shape index (κ1) is 16.4. The molecule has 0 aliphatic carbocycles. The van der Waals surface area contributed by atoms with E-state index in [4.69, 9.17) is 14.6 Å². The van der Waals surface area contributed by atoms with Crippen LogP contribution in [-0.4, -0.2) is 50.7 Å². The third-order valence-electron chi connectivity index (χ3n) is 3.58. The zero-order chi connectivity index (χ0) is 15.9. The number of aliphatic hydroxyl groups excluding tert-OH is 1. The van der Waals surface area contributed by atoms with E-state index in [1.807, 2.05) is 0 Å². The van der Waals surface area contributed by atoms with Gasteiger partial charge in [-0.2, -0.15) is 0 Å². The number of ether oxygens (including phenoxy) is 2. The summed E-state index contributed by atoms with van der Waals surface area (Å²) in [6.07, 6.45) is 0.716. The van der Waals surface area contributed by atoms with Crippen molar-refractivity contribution in [2.75, 3.05) is 38.3 Å². The molecule has 1 aromatic carbocycles. The first-order chi connectivity index (χ1) is 10.6. The zero-order valence-electron chi connectivity index (χ0n) is 12.5. The Kier molecular flexibility index (Phi) is 5.83. The van der Waals surface area contributed by atoms with Crippen molar-refractivity contribution < 1.29 is 23.8 Å². The van der Waals surface area contributed by atoms with Crippen LogP contribution in [0.25, 0.3) is 0 Å². The maximum atomic E-state index is 13.2. The van der Waals surface area contributed by atoms with Crippen LogP contribution in [0.1, 0.15) is 12.8 Å². The molecule has 6 nitrogen and oxygen atoms in total. The number of halogens is 1. The third-order valence-corrected chi connectivity index (χ3v) is 3.58. The number of alkyl carbamates (subject to hydrolysis) is 1. The van der Waals surface area contributed by atoms with Crippen molar-refractivity contribution in [3.63, 3.8) is 0 Å². The molecule has 1 aliphatic heterocycles. The number of hydrogen-bond donors (Lipinski definition) is 2. The highest BCUT2D eigenvalue weighted by atomic mass is 19.1. The summed E-state index contributed by atoms with van der Waals surface area (Å²) in [7, 11) is 1.51. The Morgan fingerprint density at radius 2 is 2.18 bits per heavy atom. The van der Waals surface area contributed by atoms with Gasteiger partial charge in [0.1, 0.15) is 17.7 Å². The molecule has 1 saturated heterocycles. The number of methoxy groups -OCH3 is 1. The van der Waals surface area contributed by atoms with Gasteiger partial charge < -0.3 is 24.8 Å². The number of aliphatic hydroxyl groups is 1. The van der Waals surface area contributed by atoms with Gasteiger partial charge in [0.25, 0.3) is 0 Å². The second-order valence-corrected chi connectivity index (χ2v) is 5.06. The van der Waals surface area contributed by atoms with E-state index < -0.39 is 6.09 Å². The first-order valence-corrected chi connectivity index (χ1v) is 7.28. The SMILES string of the molecule is COc1cc(F)ccc1N1CCC(OC(=O)NCCO)CC1. The molecule has 1 amide bonds. The second kappa shape index (κ2) is 7.84. The summed E-state index contributed by atoms with van der Waals surface area (Å²) in [4.78, 5) is 13.5. The van der Waals surface area contributed by atoms with Crippen molar-refractivity contribution >= 4 is 11.8 Å². The lowest BCUT2D eigenvalue weighted by molar-refractivity contribution is 0.0819. The minimum atomic E-state index is -0.508. The molecule has 0 bridgehead atoms. The average molecular weight is 312 g/mol. The van der Waals surface area contributed by atoms with Gasteiger partial charge in [-0.15, -0.1) is 0 Å². The Morgan fingerprint density at radius 3 is 2.82 bits per heavy atom.